The average Bonchev–Trinajstić information content (AvgIpc) is 3.47. The van der Waals surface area contributed by atoms with Crippen LogP contribution in [0.4, 0.5) is 5.13 Å². The number of carbonyl (C=O) groups is 2. The minimum absolute atomic E-state index is 0.0246. The first-order valence-corrected chi connectivity index (χ1v) is 16.2. The molecule has 0 saturated heterocycles. The Kier molecular flexibility index (Phi) is 8.48. The number of aliphatic hydroxyl groups is 2. The molecule has 4 fully saturated rings. The summed E-state index contributed by atoms with van der Waals surface area (Å²) in [6.45, 7) is 9.38. The van der Waals surface area contributed by atoms with Crippen molar-refractivity contribution in [3.63, 3.8) is 0 Å². The molecule has 1 aromatic rings. The number of fused-ring (bicyclic) bond motifs is 5. The molecule has 1 aromatic heterocycles. The van der Waals surface area contributed by atoms with Gasteiger partial charge in [0.05, 0.1) is 30.9 Å². The van der Waals surface area contributed by atoms with E-state index in [-0.39, 0.29) is 41.3 Å². The van der Waals surface area contributed by atoms with Crippen molar-refractivity contribution in [2.75, 3.05) is 11.9 Å². The fraction of sp³-hybridized carbons (Fsp3) is 0.839. The minimum Gasteiger partial charge on any atom is -0.466 e. The highest BCUT2D eigenvalue weighted by molar-refractivity contribution is 7.13. The first kappa shape index (κ1) is 29.0. The van der Waals surface area contributed by atoms with Crippen molar-refractivity contribution in [3.8, 4) is 0 Å². The normalized spacial score (nSPS) is 40.2. The van der Waals surface area contributed by atoms with Crippen LogP contribution >= 0.6 is 11.3 Å². The lowest BCUT2D eigenvalue weighted by atomic mass is 9.43. The summed E-state index contributed by atoms with van der Waals surface area (Å²) in [5.74, 6) is 2.59. The topological polar surface area (TPSA) is 109 Å². The second kappa shape index (κ2) is 11.4. The van der Waals surface area contributed by atoms with Gasteiger partial charge in [0.1, 0.15) is 0 Å². The number of thiazole rings is 1. The lowest BCUT2D eigenvalue weighted by molar-refractivity contribution is -0.174. The molecular weight excluding hydrogens is 512 g/mol. The van der Waals surface area contributed by atoms with Gasteiger partial charge in [-0.1, -0.05) is 20.8 Å². The summed E-state index contributed by atoms with van der Waals surface area (Å²) in [7, 11) is 0. The van der Waals surface area contributed by atoms with E-state index < -0.39 is 0 Å². The van der Waals surface area contributed by atoms with Crippen LogP contribution in [0, 0.1) is 46.3 Å². The van der Waals surface area contributed by atoms with Gasteiger partial charge >= 0.3 is 5.97 Å². The maximum absolute atomic E-state index is 12.8. The van der Waals surface area contributed by atoms with E-state index in [9.17, 15) is 19.8 Å². The molecule has 218 valence electrons. The Hall–Kier alpha value is -1.51. The number of amides is 1. The van der Waals surface area contributed by atoms with Gasteiger partial charge in [0.2, 0.25) is 5.91 Å². The smallest absolute Gasteiger partial charge is 0.311 e. The van der Waals surface area contributed by atoms with Gasteiger partial charge < -0.3 is 20.3 Å². The van der Waals surface area contributed by atoms with Crippen molar-refractivity contribution in [1.29, 1.82) is 0 Å². The SMILES string of the molecule is CCOC(=O)Cc1csc(NC(=O)CC[C@@H](C)[C@@H]2CC[C@@H]3[C@H]4[C@@H](CC[C@@]32C)[C@@]2(C)CC[C@@H](O)C[C@@H]2C[C@@H]4O)n1. The molecule has 1 heterocycles. The van der Waals surface area contributed by atoms with Gasteiger partial charge in [-0.15, -0.1) is 11.3 Å². The zero-order valence-corrected chi connectivity index (χ0v) is 25.0. The number of aromatic nitrogens is 1. The predicted octanol–water partition coefficient (Wildman–Crippen LogP) is 5.59. The quantitative estimate of drug-likeness (QED) is 0.358. The first-order chi connectivity index (χ1) is 18.5. The predicted molar refractivity (Wildman–Crippen MR) is 152 cm³/mol. The third-order valence-corrected chi connectivity index (χ3v) is 12.5. The molecule has 39 heavy (non-hydrogen) atoms. The number of ether oxygens (including phenoxy) is 1. The highest BCUT2D eigenvalue weighted by atomic mass is 32.1. The number of hydrogen-bond donors (Lipinski definition) is 3. The van der Waals surface area contributed by atoms with Crippen LogP contribution in [0.15, 0.2) is 5.38 Å². The van der Waals surface area contributed by atoms with E-state index in [1.807, 2.05) is 0 Å². The van der Waals surface area contributed by atoms with Crippen LogP contribution in [0.5, 0.6) is 0 Å². The van der Waals surface area contributed by atoms with Gasteiger partial charge in [-0.3, -0.25) is 9.59 Å². The number of rotatable bonds is 8. The van der Waals surface area contributed by atoms with Crippen molar-refractivity contribution in [2.45, 2.75) is 111 Å². The highest BCUT2D eigenvalue weighted by Gasteiger charge is 2.62. The van der Waals surface area contributed by atoms with Gasteiger partial charge in [0.15, 0.2) is 5.13 Å². The summed E-state index contributed by atoms with van der Waals surface area (Å²) in [6, 6.07) is 0. The Morgan fingerprint density at radius 1 is 1.13 bits per heavy atom. The standard InChI is InChI=1S/C31H48N2O5S/c1-5-38-27(37)16-20-17-39-29(32-20)33-26(36)9-6-18(2)22-7-8-23-28-24(11-13-31(22,23)4)30(3)12-10-21(34)14-19(30)15-25(28)35/h17-19,21-25,28,34-35H,5-16H2,1-4H3,(H,32,33,36)/t18-,19-,21-,22+,23-,24-,25+,28+,30+,31-/m1/s1. The summed E-state index contributed by atoms with van der Waals surface area (Å²) in [6.07, 6.45) is 9.43. The van der Waals surface area contributed by atoms with E-state index in [0.717, 1.165) is 32.1 Å². The molecule has 4 saturated carbocycles. The third kappa shape index (κ3) is 5.54. The number of hydrogen-bond acceptors (Lipinski definition) is 7. The summed E-state index contributed by atoms with van der Waals surface area (Å²) in [5, 5.41) is 27.0. The molecule has 4 aliphatic rings. The fourth-order valence-electron chi connectivity index (χ4n) is 9.72. The molecule has 0 unspecified atom stereocenters. The van der Waals surface area contributed by atoms with Gasteiger partial charge in [-0.05, 0) is 111 Å². The van der Waals surface area contributed by atoms with Crippen LogP contribution in [-0.2, 0) is 20.7 Å². The maximum Gasteiger partial charge on any atom is 0.311 e. The van der Waals surface area contributed by atoms with Crippen LogP contribution in [-0.4, -0.2) is 45.9 Å². The van der Waals surface area contributed by atoms with Crippen LogP contribution < -0.4 is 5.32 Å². The number of esters is 1. The fourth-order valence-corrected chi connectivity index (χ4v) is 10.4. The van der Waals surface area contributed by atoms with E-state index in [1.165, 1.54) is 37.0 Å². The summed E-state index contributed by atoms with van der Waals surface area (Å²) in [5.41, 5.74) is 1.09. The number of anilines is 1. The van der Waals surface area contributed by atoms with Crippen molar-refractivity contribution < 1.29 is 24.5 Å². The number of nitrogens with zero attached hydrogens (tertiary/aromatic N) is 1. The van der Waals surface area contributed by atoms with Crippen LogP contribution in [0.25, 0.3) is 0 Å². The zero-order chi connectivity index (χ0) is 27.9. The number of carbonyl (C=O) groups excluding carboxylic acids is 2. The molecular formula is C31H48N2O5S. The van der Waals surface area contributed by atoms with Crippen molar-refractivity contribution in [3.05, 3.63) is 11.1 Å². The number of nitrogens with one attached hydrogen (secondary N) is 1. The Morgan fingerprint density at radius 3 is 2.64 bits per heavy atom. The third-order valence-electron chi connectivity index (χ3n) is 11.7. The van der Waals surface area contributed by atoms with Crippen molar-refractivity contribution in [1.82, 2.24) is 4.98 Å². The van der Waals surface area contributed by atoms with E-state index in [4.69, 9.17) is 4.74 Å². The molecule has 0 aromatic carbocycles. The van der Waals surface area contributed by atoms with Crippen LogP contribution in [0.3, 0.4) is 0 Å². The van der Waals surface area contributed by atoms with Crippen molar-refractivity contribution in [2.24, 2.45) is 46.3 Å². The second-order valence-electron chi connectivity index (χ2n) is 13.6. The molecule has 5 rings (SSSR count). The molecule has 10 atom stereocenters. The molecule has 4 aliphatic carbocycles. The number of aliphatic hydroxyl groups excluding tert-OH is 2. The Morgan fingerprint density at radius 2 is 1.87 bits per heavy atom. The maximum atomic E-state index is 12.8. The molecule has 8 heteroatoms. The van der Waals surface area contributed by atoms with Crippen LogP contribution in [0.1, 0.15) is 97.6 Å². The lowest BCUT2D eigenvalue weighted by Gasteiger charge is -2.62. The van der Waals surface area contributed by atoms with E-state index >= 15 is 0 Å². The molecule has 7 nitrogen and oxygen atoms in total. The Bertz CT molecular complexity index is 1050. The van der Waals surface area contributed by atoms with Crippen molar-refractivity contribution >= 4 is 28.3 Å². The zero-order valence-electron chi connectivity index (χ0n) is 24.2. The second-order valence-corrected chi connectivity index (χ2v) is 14.5. The molecule has 0 spiro atoms. The molecule has 1 amide bonds. The summed E-state index contributed by atoms with van der Waals surface area (Å²) in [4.78, 5) is 28.8. The Balaban J connectivity index is 1.17. The molecule has 0 bridgehead atoms. The minimum atomic E-state index is -0.306. The summed E-state index contributed by atoms with van der Waals surface area (Å²) >= 11 is 1.34. The Labute approximate surface area is 237 Å². The van der Waals surface area contributed by atoms with Gasteiger partial charge in [0, 0.05) is 11.8 Å². The lowest BCUT2D eigenvalue weighted by Crippen LogP contribution is -2.58. The van der Waals surface area contributed by atoms with E-state index in [1.54, 1.807) is 12.3 Å². The van der Waals surface area contributed by atoms with E-state index in [2.05, 4.69) is 31.1 Å². The summed E-state index contributed by atoms with van der Waals surface area (Å²) < 4.78 is 4.98. The first-order valence-electron chi connectivity index (χ1n) is 15.3. The molecule has 3 N–H and O–H groups in total. The van der Waals surface area contributed by atoms with Crippen LogP contribution in [0.2, 0.25) is 0 Å². The largest absolute Gasteiger partial charge is 0.466 e. The monoisotopic (exact) mass is 560 g/mol. The van der Waals surface area contributed by atoms with Gasteiger partial charge in [-0.25, -0.2) is 4.98 Å². The van der Waals surface area contributed by atoms with Gasteiger partial charge in [0.25, 0.3) is 0 Å². The average molecular weight is 561 g/mol. The molecule has 0 radical (unpaired) electrons. The highest BCUT2D eigenvalue weighted by Crippen LogP contribution is 2.68. The van der Waals surface area contributed by atoms with E-state index in [0.29, 0.717) is 59.4 Å². The molecule has 0 aliphatic heterocycles. The van der Waals surface area contributed by atoms with Gasteiger partial charge in [-0.2, -0.15) is 0 Å².